The Morgan fingerprint density at radius 2 is 1.50 bits per heavy atom. The molecule has 0 aromatic heterocycles. The minimum atomic E-state index is -1.76. The van der Waals surface area contributed by atoms with Gasteiger partial charge in [-0.3, -0.25) is 19.2 Å². The Kier molecular flexibility index (Phi) is 8.50. The van der Waals surface area contributed by atoms with Gasteiger partial charge in [-0.15, -0.1) is 12.6 Å². The standard InChI is InChI=1S/C19H20F3NO8S/c1-7(24)28-6-13-16(29-8(2)25)15(17(19(32)31-13)30-9(3)26)23-18(27)10-4-11(20)14(22)12(21)5-10/h4-5,13,15-17,19,32H,6H2,1-3H3,(H,23,27)/t13?,15-,16-,17?,19+/m0/s1. The third kappa shape index (κ3) is 6.36. The molecule has 1 aromatic carbocycles. The van der Waals surface area contributed by atoms with E-state index in [0.29, 0.717) is 12.1 Å². The molecule has 1 aliphatic heterocycles. The third-order valence-electron chi connectivity index (χ3n) is 4.27. The van der Waals surface area contributed by atoms with Crippen LogP contribution in [-0.4, -0.2) is 60.2 Å². The predicted octanol–water partition coefficient (Wildman–Crippen LogP) is 1.28. The first kappa shape index (κ1) is 25.5. The van der Waals surface area contributed by atoms with Crippen molar-refractivity contribution in [2.45, 2.75) is 50.6 Å². The van der Waals surface area contributed by atoms with Crippen LogP contribution < -0.4 is 5.32 Å². The number of thiol groups is 1. The van der Waals surface area contributed by atoms with Gasteiger partial charge in [0.25, 0.3) is 5.91 Å². The van der Waals surface area contributed by atoms with Gasteiger partial charge in [0.1, 0.15) is 24.2 Å². The fraction of sp³-hybridized carbons (Fsp3) is 0.474. The Morgan fingerprint density at radius 1 is 0.969 bits per heavy atom. The van der Waals surface area contributed by atoms with E-state index in [1.807, 2.05) is 0 Å². The molecule has 1 aromatic rings. The monoisotopic (exact) mass is 479 g/mol. The van der Waals surface area contributed by atoms with Crippen molar-refractivity contribution in [2.75, 3.05) is 6.61 Å². The average molecular weight is 479 g/mol. The maximum atomic E-state index is 13.6. The SMILES string of the molecule is CC(=O)OCC1O[C@H](S)C(OC(C)=O)[C@@H](NC(=O)c2cc(F)c(F)c(F)c2)[C@H]1OC(C)=O. The van der Waals surface area contributed by atoms with E-state index in [9.17, 15) is 32.3 Å². The summed E-state index contributed by atoms with van der Waals surface area (Å²) in [6.07, 6.45) is -3.84. The molecular formula is C19H20F3NO8S. The molecule has 32 heavy (non-hydrogen) atoms. The molecule has 2 rings (SSSR count). The second-order valence-corrected chi connectivity index (χ2v) is 7.28. The van der Waals surface area contributed by atoms with Gasteiger partial charge in [0.05, 0.1) is 0 Å². The lowest BCUT2D eigenvalue weighted by molar-refractivity contribution is -0.203. The summed E-state index contributed by atoms with van der Waals surface area (Å²) in [4.78, 5) is 47.1. The first-order valence-corrected chi connectivity index (χ1v) is 9.69. The molecule has 2 unspecified atom stereocenters. The number of nitrogens with one attached hydrogen (secondary N) is 1. The zero-order chi connectivity index (χ0) is 24.2. The highest BCUT2D eigenvalue weighted by atomic mass is 32.1. The van der Waals surface area contributed by atoms with Crippen LogP contribution in [0, 0.1) is 17.5 Å². The Hall–Kier alpha value is -2.80. The summed E-state index contributed by atoms with van der Waals surface area (Å²) in [5.74, 6) is -8.36. The number of esters is 3. The van der Waals surface area contributed by atoms with Gasteiger partial charge in [-0.05, 0) is 12.1 Å². The maximum absolute atomic E-state index is 13.6. The van der Waals surface area contributed by atoms with E-state index in [1.165, 1.54) is 0 Å². The van der Waals surface area contributed by atoms with Crippen LogP contribution in [0.1, 0.15) is 31.1 Å². The quantitative estimate of drug-likeness (QED) is 0.271. The predicted molar refractivity (Wildman–Crippen MR) is 103 cm³/mol. The van der Waals surface area contributed by atoms with E-state index in [4.69, 9.17) is 18.9 Å². The topological polar surface area (TPSA) is 117 Å². The summed E-state index contributed by atoms with van der Waals surface area (Å²) < 4.78 is 61.1. The number of halogens is 3. The lowest BCUT2D eigenvalue weighted by atomic mass is 9.96. The molecule has 0 bridgehead atoms. The van der Waals surface area contributed by atoms with Crippen LogP contribution in [0.4, 0.5) is 13.2 Å². The van der Waals surface area contributed by atoms with Crippen molar-refractivity contribution in [2.24, 2.45) is 0 Å². The van der Waals surface area contributed by atoms with Gasteiger partial charge in [-0.25, -0.2) is 13.2 Å². The van der Waals surface area contributed by atoms with Crippen LogP contribution in [-0.2, 0) is 33.3 Å². The minimum absolute atomic E-state index is 0.413. The number of amides is 1. The second kappa shape index (κ2) is 10.7. The zero-order valence-electron chi connectivity index (χ0n) is 17.1. The van der Waals surface area contributed by atoms with E-state index in [1.54, 1.807) is 0 Å². The number of rotatable bonds is 6. The summed E-state index contributed by atoms with van der Waals surface area (Å²) in [6, 6.07) is -0.421. The fourth-order valence-corrected chi connectivity index (χ4v) is 3.42. The Balaban J connectivity index is 2.42. The molecule has 0 radical (unpaired) electrons. The summed E-state index contributed by atoms with van der Waals surface area (Å²) in [5, 5.41) is 2.35. The van der Waals surface area contributed by atoms with Gasteiger partial charge >= 0.3 is 17.9 Å². The van der Waals surface area contributed by atoms with Gasteiger partial charge in [-0.1, -0.05) is 0 Å². The molecule has 1 aliphatic rings. The lowest BCUT2D eigenvalue weighted by Crippen LogP contribution is -2.65. The van der Waals surface area contributed by atoms with Crippen LogP contribution in [0.25, 0.3) is 0 Å². The van der Waals surface area contributed by atoms with Crippen LogP contribution >= 0.6 is 12.6 Å². The van der Waals surface area contributed by atoms with E-state index in [0.717, 1.165) is 20.8 Å². The van der Waals surface area contributed by atoms with Crippen molar-refractivity contribution in [1.82, 2.24) is 5.32 Å². The molecule has 13 heteroatoms. The minimum Gasteiger partial charge on any atom is -0.463 e. The molecular weight excluding hydrogens is 459 g/mol. The van der Waals surface area contributed by atoms with E-state index < -0.39 is 83.2 Å². The molecule has 176 valence electrons. The molecule has 0 saturated carbocycles. The van der Waals surface area contributed by atoms with Crippen molar-refractivity contribution in [3.8, 4) is 0 Å². The molecule has 0 spiro atoms. The lowest BCUT2D eigenvalue weighted by Gasteiger charge is -2.44. The summed E-state index contributed by atoms with van der Waals surface area (Å²) in [5.41, 5.74) is -1.78. The fourth-order valence-electron chi connectivity index (χ4n) is 3.01. The second-order valence-electron chi connectivity index (χ2n) is 6.77. The first-order valence-electron chi connectivity index (χ1n) is 9.17. The highest BCUT2D eigenvalue weighted by Crippen LogP contribution is 2.29. The van der Waals surface area contributed by atoms with Crippen LogP contribution in [0.5, 0.6) is 0 Å². The molecule has 1 amide bonds. The summed E-state index contributed by atoms with van der Waals surface area (Å²) in [6.45, 7) is 2.83. The van der Waals surface area contributed by atoms with Gasteiger partial charge in [0, 0.05) is 26.3 Å². The largest absolute Gasteiger partial charge is 0.463 e. The van der Waals surface area contributed by atoms with Crippen molar-refractivity contribution < 1.29 is 51.3 Å². The smallest absolute Gasteiger partial charge is 0.303 e. The Labute approximate surface area is 185 Å². The molecule has 5 atom stereocenters. The van der Waals surface area contributed by atoms with E-state index in [-0.39, 0.29) is 0 Å². The Morgan fingerprint density at radius 3 is 2.00 bits per heavy atom. The number of benzene rings is 1. The normalized spacial score (nSPS) is 24.9. The summed E-state index contributed by atoms with van der Waals surface area (Å²) >= 11 is 4.18. The first-order chi connectivity index (χ1) is 14.9. The number of carbonyl (C=O) groups excluding carboxylic acids is 4. The number of hydrogen-bond acceptors (Lipinski definition) is 9. The summed E-state index contributed by atoms with van der Waals surface area (Å²) in [7, 11) is 0. The van der Waals surface area contributed by atoms with Crippen molar-refractivity contribution in [3.63, 3.8) is 0 Å². The maximum Gasteiger partial charge on any atom is 0.303 e. The number of ether oxygens (including phenoxy) is 4. The molecule has 1 N–H and O–H groups in total. The van der Waals surface area contributed by atoms with Crippen LogP contribution in [0.2, 0.25) is 0 Å². The van der Waals surface area contributed by atoms with E-state index >= 15 is 0 Å². The molecule has 1 heterocycles. The van der Waals surface area contributed by atoms with Gasteiger partial charge in [0.15, 0.2) is 29.7 Å². The van der Waals surface area contributed by atoms with Crippen molar-refractivity contribution in [1.29, 1.82) is 0 Å². The molecule has 1 fully saturated rings. The highest BCUT2D eigenvalue weighted by Gasteiger charge is 2.49. The van der Waals surface area contributed by atoms with E-state index in [2.05, 4.69) is 17.9 Å². The molecule has 1 saturated heterocycles. The van der Waals surface area contributed by atoms with Crippen molar-refractivity contribution >= 4 is 36.4 Å². The number of hydrogen-bond donors (Lipinski definition) is 2. The third-order valence-corrected chi connectivity index (χ3v) is 4.68. The van der Waals surface area contributed by atoms with Crippen LogP contribution in [0.3, 0.4) is 0 Å². The molecule has 9 nitrogen and oxygen atoms in total. The number of carbonyl (C=O) groups is 4. The highest BCUT2D eigenvalue weighted by molar-refractivity contribution is 7.80. The zero-order valence-corrected chi connectivity index (χ0v) is 18.0. The Bertz CT molecular complexity index is 892. The van der Waals surface area contributed by atoms with Gasteiger partial charge < -0.3 is 24.3 Å². The molecule has 0 aliphatic carbocycles. The van der Waals surface area contributed by atoms with Gasteiger partial charge in [-0.2, -0.15) is 0 Å². The van der Waals surface area contributed by atoms with Crippen LogP contribution in [0.15, 0.2) is 12.1 Å². The average Bonchev–Trinajstić information content (AvgIpc) is 2.68. The van der Waals surface area contributed by atoms with Gasteiger partial charge in [0.2, 0.25) is 0 Å². The van der Waals surface area contributed by atoms with Crippen molar-refractivity contribution in [3.05, 3.63) is 35.1 Å².